The Bertz CT molecular complexity index is 660. The van der Waals surface area contributed by atoms with Crippen molar-refractivity contribution in [3.8, 4) is 0 Å². The smallest absolute Gasteiger partial charge is 0.463 e. The molecule has 2 N–H and O–H groups in total. The van der Waals surface area contributed by atoms with E-state index in [1.807, 2.05) is 24.3 Å². The van der Waals surface area contributed by atoms with Gasteiger partial charge in [0.05, 0.1) is 5.36 Å². The first kappa shape index (κ1) is 16.5. The minimum atomic E-state index is -0.0347. The van der Waals surface area contributed by atoms with Crippen molar-refractivity contribution in [3.63, 3.8) is 0 Å². The van der Waals surface area contributed by atoms with Gasteiger partial charge in [-0.05, 0) is 18.9 Å². The second kappa shape index (κ2) is 7.98. The molecule has 3 rings (SSSR count). The summed E-state index contributed by atoms with van der Waals surface area (Å²) in [7, 11) is 4.20. The van der Waals surface area contributed by atoms with Crippen molar-refractivity contribution in [1.29, 1.82) is 0 Å². The van der Waals surface area contributed by atoms with Crippen LogP contribution in [0.5, 0.6) is 0 Å². The third kappa shape index (κ3) is 3.88. The first-order chi connectivity index (χ1) is 10.3. The zero-order valence-corrected chi connectivity index (χ0v) is 13.6. The van der Waals surface area contributed by atoms with Crippen LogP contribution in [0.1, 0.15) is 12.8 Å². The number of para-hydroxylation sites is 1. The van der Waals surface area contributed by atoms with E-state index < -0.39 is 0 Å². The quantitative estimate of drug-likeness (QED) is 0.260. The zero-order chi connectivity index (χ0) is 15.2. The van der Waals surface area contributed by atoms with Gasteiger partial charge < -0.3 is 10.9 Å². The van der Waals surface area contributed by atoms with Crippen LogP contribution in [0.25, 0.3) is 11.1 Å². The predicted octanol–water partition coefficient (Wildman–Crippen LogP) is -0.0419. The number of rotatable bonds is 2. The van der Waals surface area contributed by atoms with E-state index in [4.69, 9.17) is 0 Å². The maximum absolute atomic E-state index is 9.83. The average Bonchev–Trinajstić information content (AvgIpc) is 3.14. The molecule has 0 radical (unpaired) electrons. The maximum atomic E-state index is 9.83. The van der Waals surface area contributed by atoms with E-state index >= 15 is 0 Å². The van der Waals surface area contributed by atoms with Crippen LogP contribution in [0, 0.1) is 0 Å². The summed E-state index contributed by atoms with van der Waals surface area (Å²) < 4.78 is 0. The molecule has 1 amide bonds. The van der Waals surface area contributed by atoms with Gasteiger partial charge in [0.25, 0.3) is 0 Å². The Labute approximate surface area is 140 Å². The van der Waals surface area contributed by atoms with E-state index in [2.05, 4.69) is 58.2 Å². The van der Waals surface area contributed by atoms with Crippen molar-refractivity contribution in [3.05, 3.63) is 40.3 Å². The van der Waals surface area contributed by atoms with Crippen LogP contribution in [-0.4, -0.2) is 33.8 Å². The van der Waals surface area contributed by atoms with E-state index in [0.717, 1.165) is 23.7 Å². The molecule has 2 heterocycles. The van der Waals surface area contributed by atoms with Gasteiger partial charge in [0.2, 0.25) is 0 Å². The fourth-order valence-electron chi connectivity index (χ4n) is 2.28. The van der Waals surface area contributed by atoms with Gasteiger partial charge in [0.1, 0.15) is 0 Å². The summed E-state index contributed by atoms with van der Waals surface area (Å²) in [5.74, 6) is -0.0347. The van der Waals surface area contributed by atoms with Crippen LogP contribution in [0.3, 0.4) is 0 Å². The van der Waals surface area contributed by atoms with E-state index in [-0.39, 0.29) is 5.91 Å². The van der Waals surface area contributed by atoms with Crippen LogP contribution in [0.15, 0.2) is 29.3 Å². The van der Waals surface area contributed by atoms with Crippen molar-refractivity contribution >= 4 is 39.0 Å². The van der Waals surface area contributed by atoms with Gasteiger partial charge in [-0.15, -0.1) is 0 Å². The molecule has 5 nitrogen and oxygen atoms in total. The second-order valence-corrected chi connectivity index (χ2v) is 4.95. The normalized spacial score (nSPS) is 16.9. The topological polar surface area (TPSA) is 63.1 Å². The number of thiol groups is 1. The van der Waals surface area contributed by atoms with Crippen LogP contribution < -0.4 is 16.0 Å². The Morgan fingerprint density at radius 3 is 2.71 bits per heavy atom. The predicted molar refractivity (Wildman–Crippen MR) is 84.5 cm³/mol. The molecular formula is C13H15ClCuN4OS+2. The third-order valence-electron chi connectivity index (χ3n) is 3.28. The SMILES string of the molecule is [Cl][Cu+].[OH+]=C1N=c2ccccc2=C1N[N-]C(=[SH+])N1CCCC1. The molecule has 0 aromatic heterocycles. The van der Waals surface area contributed by atoms with Crippen molar-refractivity contribution in [2.24, 2.45) is 4.99 Å². The number of hydrogen-bond acceptors (Lipinski definition) is 1. The van der Waals surface area contributed by atoms with Crippen LogP contribution in [-0.2, 0) is 27.3 Å². The molecule has 2 aliphatic rings. The standard InChI is InChI=1S/C13H14N4OS.ClH.Cu/c18-12-11(9-5-1-2-6-10(9)14-12)15-16-13(19)17-7-3-4-8-17;;/h1-2,5-6H,3-4,7-8H2,(H2,14,15,16,18,19);1H;/q;;+2. The Morgan fingerprint density at radius 1 is 1.33 bits per heavy atom. The van der Waals surface area contributed by atoms with E-state index in [1.54, 1.807) is 0 Å². The number of halogens is 1. The van der Waals surface area contributed by atoms with Gasteiger partial charge >= 0.3 is 31.1 Å². The molecule has 0 saturated carbocycles. The number of benzene rings is 1. The van der Waals surface area contributed by atoms with Crippen molar-refractivity contribution < 1.29 is 19.9 Å². The van der Waals surface area contributed by atoms with Gasteiger partial charge in [-0.3, -0.25) is 4.79 Å². The summed E-state index contributed by atoms with van der Waals surface area (Å²) in [6.45, 7) is 1.96. The molecule has 8 heteroatoms. The van der Waals surface area contributed by atoms with Crippen molar-refractivity contribution in [2.45, 2.75) is 12.8 Å². The number of nitrogens with zero attached hydrogens (tertiary/aromatic N) is 3. The Kier molecular flexibility index (Phi) is 6.29. The summed E-state index contributed by atoms with van der Waals surface area (Å²) in [5, 5.41) is 2.24. The van der Waals surface area contributed by atoms with Crippen LogP contribution in [0.4, 0.5) is 0 Å². The Balaban J connectivity index is 0.000000774. The molecule has 1 fully saturated rings. The largest absolute Gasteiger partial charge is 0.480 e. The first-order valence-electron chi connectivity index (χ1n) is 6.39. The molecule has 1 aromatic carbocycles. The number of fused-ring (bicyclic) bond motifs is 1. The molecule has 0 atom stereocenters. The summed E-state index contributed by atoms with van der Waals surface area (Å²) in [4.78, 5) is 16.0. The van der Waals surface area contributed by atoms with Crippen LogP contribution >= 0.6 is 10.1 Å². The van der Waals surface area contributed by atoms with Crippen molar-refractivity contribution in [2.75, 3.05) is 13.1 Å². The zero-order valence-electron chi connectivity index (χ0n) is 11.1. The van der Waals surface area contributed by atoms with Gasteiger partial charge in [-0.2, -0.15) is 4.99 Å². The Morgan fingerprint density at radius 2 is 2.00 bits per heavy atom. The molecule has 115 valence electrons. The molecule has 0 unspecified atom stereocenters. The summed E-state index contributed by atoms with van der Waals surface area (Å²) >= 11 is 8.04. The minimum Gasteiger partial charge on any atom is -0.480 e. The third-order valence-corrected chi connectivity index (χ3v) is 3.66. The number of nitrogens with one attached hydrogen (secondary N) is 1. The van der Waals surface area contributed by atoms with Crippen molar-refractivity contribution in [1.82, 2.24) is 10.3 Å². The Hall–Kier alpha value is -0.821. The average molecular weight is 374 g/mol. The molecule has 1 aromatic rings. The number of amides is 1. The minimum absolute atomic E-state index is 0.0347. The second-order valence-electron chi connectivity index (χ2n) is 4.55. The fraction of sp³-hybridized carbons (Fsp3) is 0.308. The van der Waals surface area contributed by atoms with Gasteiger partial charge in [-0.25, -0.2) is 4.90 Å². The molecule has 21 heavy (non-hydrogen) atoms. The van der Waals surface area contributed by atoms with Gasteiger partial charge in [0.15, 0.2) is 23.0 Å². The van der Waals surface area contributed by atoms with Gasteiger partial charge in [0, 0.05) is 18.3 Å². The first-order valence-corrected chi connectivity index (χ1v) is 8.13. The number of likely N-dealkylation sites (tertiary alicyclic amines) is 1. The number of hydrogen-bond donors (Lipinski definition) is 1. The molecule has 0 bridgehead atoms. The molecule has 0 spiro atoms. The van der Waals surface area contributed by atoms with E-state index in [0.29, 0.717) is 10.8 Å². The summed E-state index contributed by atoms with van der Waals surface area (Å²) in [6.07, 6.45) is 2.34. The molecule has 1 saturated heterocycles. The van der Waals surface area contributed by atoms with E-state index in [9.17, 15) is 4.79 Å². The molecular weight excluding hydrogens is 359 g/mol. The van der Waals surface area contributed by atoms with Gasteiger partial charge in [-0.1, -0.05) is 18.2 Å². The number of carbonyl (C=O) groups excluding carboxylic acids is 1. The molecule has 0 aliphatic carbocycles. The summed E-state index contributed by atoms with van der Waals surface area (Å²) in [6, 6.07) is 7.54. The van der Waals surface area contributed by atoms with Crippen LogP contribution in [0.2, 0.25) is 0 Å². The molecule has 2 aliphatic heterocycles. The maximum Gasteiger partial charge on any atom is 0.463 e. The fourth-order valence-corrected chi connectivity index (χ4v) is 2.53. The monoisotopic (exact) mass is 373 g/mol. The summed E-state index contributed by atoms with van der Waals surface area (Å²) in [5.41, 5.74) is 7.62. The van der Waals surface area contributed by atoms with E-state index in [1.165, 1.54) is 12.8 Å².